The molecule has 0 bridgehead atoms. The van der Waals surface area contributed by atoms with Crippen molar-refractivity contribution in [3.8, 4) is 0 Å². The Morgan fingerprint density at radius 3 is 2.57 bits per heavy atom. The Morgan fingerprint density at radius 1 is 1.19 bits per heavy atom. The molecule has 0 fully saturated rings. The maximum absolute atomic E-state index is 11.8. The van der Waals surface area contributed by atoms with Gasteiger partial charge >= 0.3 is 0 Å². The van der Waals surface area contributed by atoms with Crippen LogP contribution in [0.3, 0.4) is 0 Å². The van der Waals surface area contributed by atoms with E-state index in [2.05, 4.69) is 25.6 Å². The molecular weight excluding hydrogens is 266 g/mol. The fourth-order valence-corrected chi connectivity index (χ4v) is 1.61. The summed E-state index contributed by atoms with van der Waals surface area (Å²) in [5.74, 6) is 0.732. The van der Waals surface area contributed by atoms with Crippen molar-refractivity contribution >= 4 is 11.9 Å². The lowest BCUT2D eigenvalue weighted by molar-refractivity contribution is 0.0948. The highest BCUT2D eigenvalue weighted by atomic mass is 16.1. The fourth-order valence-electron chi connectivity index (χ4n) is 1.61. The van der Waals surface area contributed by atoms with Crippen LogP contribution in [-0.4, -0.2) is 27.4 Å². The van der Waals surface area contributed by atoms with Gasteiger partial charge < -0.3 is 10.6 Å². The van der Waals surface area contributed by atoms with E-state index in [1.807, 2.05) is 32.0 Å². The van der Waals surface area contributed by atoms with Gasteiger partial charge in [0.1, 0.15) is 0 Å². The Labute approximate surface area is 124 Å². The standard InChI is InChI=1S/C15H19N5O/c1-11(2)7-17-14(21)12-8-18-15(19-9-12)20-10-13-5-3-4-6-16-13/h3-6,8-9,11H,7,10H2,1-2H3,(H,17,21)(H,18,19,20). The van der Waals surface area contributed by atoms with E-state index < -0.39 is 0 Å². The highest BCUT2D eigenvalue weighted by Crippen LogP contribution is 2.03. The minimum absolute atomic E-state index is 0.153. The normalized spacial score (nSPS) is 10.4. The smallest absolute Gasteiger partial charge is 0.254 e. The molecule has 0 unspecified atom stereocenters. The maximum atomic E-state index is 11.8. The first-order valence-corrected chi connectivity index (χ1v) is 6.89. The van der Waals surface area contributed by atoms with Crippen molar-refractivity contribution in [2.75, 3.05) is 11.9 Å². The molecule has 0 atom stereocenters. The van der Waals surface area contributed by atoms with Crippen molar-refractivity contribution in [2.45, 2.75) is 20.4 Å². The first-order chi connectivity index (χ1) is 10.1. The zero-order valence-electron chi connectivity index (χ0n) is 12.2. The molecule has 2 rings (SSSR count). The molecule has 6 heteroatoms. The number of aromatic nitrogens is 3. The summed E-state index contributed by atoms with van der Waals surface area (Å²) in [6, 6.07) is 5.71. The van der Waals surface area contributed by atoms with Gasteiger partial charge in [-0.15, -0.1) is 0 Å². The second-order valence-corrected chi connectivity index (χ2v) is 5.07. The van der Waals surface area contributed by atoms with Gasteiger partial charge in [0, 0.05) is 25.1 Å². The van der Waals surface area contributed by atoms with Crippen molar-refractivity contribution in [1.29, 1.82) is 0 Å². The Balaban J connectivity index is 1.88. The van der Waals surface area contributed by atoms with Crippen molar-refractivity contribution in [2.24, 2.45) is 5.92 Å². The van der Waals surface area contributed by atoms with Gasteiger partial charge in [0.2, 0.25) is 5.95 Å². The molecule has 110 valence electrons. The van der Waals surface area contributed by atoms with Crippen LogP contribution in [0.15, 0.2) is 36.8 Å². The number of hydrogen-bond acceptors (Lipinski definition) is 5. The van der Waals surface area contributed by atoms with Crippen LogP contribution in [0.5, 0.6) is 0 Å². The van der Waals surface area contributed by atoms with E-state index in [1.54, 1.807) is 6.20 Å². The molecule has 0 aliphatic heterocycles. The van der Waals surface area contributed by atoms with E-state index in [4.69, 9.17) is 0 Å². The summed E-state index contributed by atoms with van der Waals surface area (Å²) < 4.78 is 0. The molecule has 0 radical (unpaired) electrons. The molecule has 0 saturated carbocycles. The summed E-state index contributed by atoms with van der Waals surface area (Å²) in [5, 5.41) is 5.89. The topological polar surface area (TPSA) is 79.8 Å². The highest BCUT2D eigenvalue weighted by Gasteiger charge is 2.07. The zero-order chi connectivity index (χ0) is 15.1. The Morgan fingerprint density at radius 2 is 1.95 bits per heavy atom. The van der Waals surface area contributed by atoms with E-state index in [1.165, 1.54) is 12.4 Å². The van der Waals surface area contributed by atoms with Gasteiger partial charge in [-0.1, -0.05) is 19.9 Å². The largest absolute Gasteiger partial charge is 0.352 e. The van der Waals surface area contributed by atoms with Gasteiger partial charge in [0.15, 0.2) is 0 Å². The van der Waals surface area contributed by atoms with Gasteiger partial charge in [-0.3, -0.25) is 9.78 Å². The van der Waals surface area contributed by atoms with Crippen molar-refractivity contribution < 1.29 is 4.79 Å². The molecule has 2 heterocycles. The third-order valence-corrected chi connectivity index (χ3v) is 2.74. The molecule has 2 aromatic heterocycles. The van der Waals surface area contributed by atoms with E-state index in [-0.39, 0.29) is 5.91 Å². The second-order valence-electron chi connectivity index (χ2n) is 5.07. The third-order valence-electron chi connectivity index (χ3n) is 2.74. The van der Waals surface area contributed by atoms with E-state index in [0.717, 1.165) is 5.69 Å². The Hall–Kier alpha value is -2.50. The minimum atomic E-state index is -0.153. The van der Waals surface area contributed by atoms with E-state index in [9.17, 15) is 4.79 Å². The lowest BCUT2D eigenvalue weighted by atomic mass is 10.2. The van der Waals surface area contributed by atoms with E-state index in [0.29, 0.717) is 30.5 Å². The summed E-state index contributed by atoms with van der Waals surface area (Å²) in [7, 11) is 0. The lowest BCUT2D eigenvalue weighted by Crippen LogP contribution is -2.27. The summed E-state index contributed by atoms with van der Waals surface area (Å²) >= 11 is 0. The number of nitrogens with zero attached hydrogens (tertiary/aromatic N) is 3. The molecule has 6 nitrogen and oxygen atoms in total. The van der Waals surface area contributed by atoms with Crippen LogP contribution in [0.25, 0.3) is 0 Å². The molecule has 0 aliphatic rings. The Bertz CT molecular complexity index is 568. The molecule has 2 N–H and O–H groups in total. The van der Waals surface area contributed by atoms with E-state index >= 15 is 0 Å². The average molecular weight is 285 g/mol. The predicted octanol–water partition coefficient (Wildman–Crippen LogP) is 1.87. The van der Waals surface area contributed by atoms with Crippen LogP contribution in [0.2, 0.25) is 0 Å². The monoisotopic (exact) mass is 285 g/mol. The first kappa shape index (κ1) is 14.9. The number of hydrogen-bond donors (Lipinski definition) is 2. The van der Waals surface area contributed by atoms with Crippen LogP contribution in [0.4, 0.5) is 5.95 Å². The number of carbonyl (C=O) groups excluding carboxylic acids is 1. The van der Waals surface area contributed by atoms with Crippen LogP contribution < -0.4 is 10.6 Å². The quantitative estimate of drug-likeness (QED) is 0.847. The summed E-state index contributed by atoms with van der Waals surface area (Å²) in [6.07, 6.45) is 4.77. The molecule has 0 spiro atoms. The fraction of sp³-hybridized carbons (Fsp3) is 0.333. The minimum Gasteiger partial charge on any atom is -0.352 e. The summed E-state index contributed by atoms with van der Waals surface area (Å²) in [6.45, 7) is 5.26. The molecule has 2 aromatic rings. The van der Waals surface area contributed by atoms with Crippen molar-refractivity contribution in [3.05, 3.63) is 48.0 Å². The molecule has 21 heavy (non-hydrogen) atoms. The molecular formula is C15H19N5O. The number of carbonyl (C=O) groups is 1. The predicted molar refractivity (Wildman–Crippen MR) is 80.8 cm³/mol. The van der Waals surface area contributed by atoms with Gasteiger partial charge in [-0.2, -0.15) is 0 Å². The Kier molecular flexibility index (Phi) is 5.20. The SMILES string of the molecule is CC(C)CNC(=O)c1cnc(NCc2ccccn2)nc1. The van der Waals surface area contributed by atoms with Gasteiger partial charge in [0.25, 0.3) is 5.91 Å². The third kappa shape index (κ3) is 4.83. The number of pyridine rings is 1. The van der Waals surface area contributed by atoms with Crippen LogP contribution in [0, 0.1) is 5.92 Å². The first-order valence-electron chi connectivity index (χ1n) is 6.89. The van der Waals surface area contributed by atoms with Crippen molar-refractivity contribution in [1.82, 2.24) is 20.3 Å². The van der Waals surface area contributed by atoms with Gasteiger partial charge in [0.05, 0.1) is 17.8 Å². The zero-order valence-corrected chi connectivity index (χ0v) is 12.2. The van der Waals surface area contributed by atoms with Crippen LogP contribution in [0.1, 0.15) is 29.9 Å². The number of anilines is 1. The molecule has 0 aliphatic carbocycles. The maximum Gasteiger partial charge on any atom is 0.254 e. The average Bonchev–Trinajstić information content (AvgIpc) is 2.52. The number of nitrogens with one attached hydrogen (secondary N) is 2. The molecule has 1 amide bonds. The van der Waals surface area contributed by atoms with Gasteiger partial charge in [-0.25, -0.2) is 9.97 Å². The summed E-state index contributed by atoms with van der Waals surface area (Å²) in [4.78, 5) is 24.3. The molecule has 0 saturated heterocycles. The number of rotatable bonds is 6. The lowest BCUT2D eigenvalue weighted by Gasteiger charge is -2.08. The van der Waals surface area contributed by atoms with Crippen molar-refractivity contribution in [3.63, 3.8) is 0 Å². The van der Waals surface area contributed by atoms with Crippen LogP contribution >= 0.6 is 0 Å². The second kappa shape index (κ2) is 7.33. The number of amides is 1. The highest BCUT2D eigenvalue weighted by molar-refractivity contribution is 5.93. The molecule has 0 aromatic carbocycles. The van der Waals surface area contributed by atoms with Gasteiger partial charge in [-0.05, 0) is 18.1 Å². The summed E-state index contributed by atoms with van der Waals surface area (Å²) in [5.41, 5.74) is 1.36. The van der Waals surface area contributed by atoms with Crippen LogP contribution in [-0.2, 0) is 6.54 Å².